The van der Waals surface area contributed by atoms with Crippen LogP contribution in [0, 0.1) is 19.8 Å². The van der Waals surface area contributed by atoms with Crippen LogP contribution >= 0.6 is 15.9 Å². The number of ether oxygens (including phenoxy) is 1. The van der Waals surface area contributed by atoms with Gasteiger partial charge in [-0.1, -0.05) is 59.7 Å². The Bertz CT molecular complexity index is 1800. The van der Waals surface area contributed by atoms with Gasteiger partial charge in [-0.2, -0.15) is 8.42 Å². The van der Waals surface area contributed by atoms with Crippen LogP contribution in [0.1, 0.15) is 46.2 Å². The highest BCUT2D eigenvalue weighted by atomic mass is 79.9. The van der Waals surface area contributed by atoms with Crippen LogP contribution in [0.2, 0.25) is 0 Å². The Morgan fingerprint density at radius 3 is 2.43 bits per heavy atom. The number of hydrogen-bond acceptors (Lipinski definition) is 6. The van der Waals surface area contributed by atoms with Crippen molar-refractivity contribution in [2.24, 2.45) is 10.9 Å². The molecule has 1 aliphatic carbocycles. The molecule has 6 nitrogen and oxygen atoms in total. The van der Waals surface area contributed by atoms with Crippen LogP contribution in [0.3, 0.4) is 0 Å². The molecule has 2 aliphatic rings. The maximum absolute atomic E-state index is 12.9. The Morgan fingerprint density at radius 1 is 0.952 bits per heavy atom. The SMILES string of the molecule is COc1cc(C=Nc2ccc([C@@H]3Nc4ccc(C)cc4[C@H]4C=CC[C@@H]43)cc2)cc(Br)c1OS(=O)(=O)c1ccc(C)cc1. The molecule has 3 atom stereocenters. The summed E-state index contributed by atoms with van der Waals surface area (Å²) in [7, 11) is -2.58. The minimum atomic E-state index is -4.04. The number of allylic oxidation sites excluding steroid dienone is 2. The largest absolute Gasteiger partial charge is 0.493 e. The number of anilines is 1. The number of nitrogens with zero attached hydrogens (tertiary/aromatic N) is 1. The number of halogens is 1. The van der Waals surface area contributed by atoms with Gasteiger partial charge in [-0.3, -0.25) is 4.99 Å². The molecule has 1 heterocycles. The topological polar surface area (TPSA) is 77.0 Å². The van der Waals surface area contributed by atoms with E-state index >= 15 is 0 Å². The van der Waals surface area contributed by atoms with E-state index in [1.54, 1.807) is 30.5 Å². The molecule has 0 saturated carbocycles. The average molecular weight is 644 g/mol. The van der Waals surface area contributed by atoms with Gasteiger partial charge in [0.25, 0.3) is 0 Å². The van der Waals surface area contributed by atoms with Gasteiger partial charge in [0, 0.05) is 17.8 Å². The first kappa shape index (κ1) is 28.2. The Hall–Kier alpha value is -3.88. The lowest BCUT2D eigenvalue weighted by atomic mass is 9.76. The number of benzene rings is 4. The first-order valence-electron chi connectivity index (χ1n) is 13.8. The van der Waals surface area contributed by atoms with E-state index < -0.39 is 10.1 Å². The van der Waals surface area contributed by atoms with Crippen molar-refractivity contribution in [1.82, 2.24) is 0 Å². The van der Waals surface area contributed by atoms with Gasteiger partial charge < -0.3 is 14.2 Å². The average Bonchev–Trinajstić information content (AvgIpc) is 3.48. The molecule has 4 aromatic rings. The van der Waals surface area contributed by atoms with Crippen molar-refractivity contribution in [3.8, 4) is 11.5 Å². The van der Waals surface area contributed by atoms with Gasteiger partial charge in [0.15, 0.2) is 11.5 Å². The lowest BCUT2D eigenvalue weighted by molar-refractivity contribution is 0.389. The van der Waals surface area contributed by atoms with Crippen LogP contribution in [0.15, 0.2) is 105 Å². The highest BCUT2D eigenvalue weighted by Crippen LogP contribution is 2.50. The van der Waals surface area contributed by atoms with Crippen molar-refractivity contribution in [2.75, 3.05) is 12.4 Å². The molecule has 42 heavy (non-hydrogen) atoms. The summed E-state index contributed by atoms with van der Waals surface area (Å²) in [6.07, 6.45) is 7.43. The third kappa shape index (κ3) is 5.61. The number of rotatable bonds is 7. The quantitative estimate of drug-likeness (QED) is 0.124. The zero-order chi connectivity index (χ0) is 29.4. The highest BCUT2D eigenvalue weighted by Gasteiger charge is 2.37. The molecule has 1 N–H and O–H groups in total. The molecular formula is C34H31BrN2O4S. The summed E-state index contributed by atoms with van der Waals surface area (Å²) >= 11 is 3.45. The second-order valence-electron chi connectivity index (χ2n) is 10.8. The van der Waals surface area contributed by atoms with Crippen molar-refractivity contribution >= 4 is 43.6 Å². The molecule has 8 heteroatoms. The molecular weight excluding hydrogens is 612 g/mol. The van der Waals surface area contributed by atoms with Gasteiger partial charge in [-0.25, -0.2) is 0 Å². The number of methoxy groups -OCH3 is 1. The van der Waals surface area contributed by atoms with Gasteiger partial charge in [0.05, 0.1) is 23.3 Å². The Labute approximate surface area is 255 Å². The molecule has 4 aromatic carbocycles. The summed E-state index contributed by atoms with van der Waals surface area (Å²) in [5, 5.41) is 3.79. The molecule has 0 saturated heterocycles. The molecule has 0 bridgehead atoms. The normalized spacial score (nSPS) is 19.3. The van der Waals surface area contributed by atoms with E-state index in [0.717, 1.165) is 23.2 Å². The number of hydrogen-bond donors (Lipinski definition) is 1. The van der Waals surface area contributed by atoms with Crippen LogP contribution in [0.25, 0.3) is 0 Å². The van der Waals surface area contributed by atoms with Crippen molar-refractivity contribution in [3.05, 3.63) is 123 Å². The lowest BCUT2D eigenvalue weighted by Gasteiger charge is -2.37. The summed E-state index contributed by atoms with van der Waals surface area (Å²) in [6.45, 7) is 4.04. The number of fused-ring (bicyclic) bond motifs is 3. The lowest BCUT2D eigenvalue weighted by Crippen LogP contribution is -2.29. The maximum atomic E-state index is 12.9. The number of aliphatic imine (C=N–C) groups is 1. The van der Waals surface area contributed by atoms with E-state index in [4.69, 9.17) is 8.92 Å². The minimum Gasteiger partial charge on any atom is -0.493 e. The summed E-state index contributed by atoms with van der Waals surface area (Å²) in [6, 6.07) is 25.1. The van der Waals surface area contributed by atoms with Gasteiger partial charge >= 0.3 is 10.1 Å². The Morgan fingerprint density at radius 2 is 1.69 bits per heavy atom. The van der Waals surface area contributed by atoms with Crippen molar-refractivity contribution in [1.29, 1.82) is 0 Å². The molecule has 0 fully saturated rings. The first-order chi connectivity index (χ1) is 20.2. The molecule has 0 spiro atoms. The molecule has 0 aromatic heterocycles. The molecule has 0 radical (unpaired) electrons. The zero-order valence-electron chi connectivity index (χ0n) is 23.5. The van der Waals surface area contributed by atoms with Crippen LogP contribution in [-0.2, 0) is 10.1 Å². The fraction of sp³-hybridized carbons (Fsp3) is 0.206. The van der Waals surface area contributed by atoms with Gasteiger partial charge in [-0.05, 0) is 101 Å². The smallest absolute Gasteiger partial charge is 0.339 e. The third-order valence-corrected chi connectivity index (χ3v) is 9.71. The van der Waals surface area contributed by atoms with E-state index in [9.17, 15) is 8.42 Å². The first-order valence-corrected chi connectivity index (χ1v) is 16.0. The van der Waals surface area contributed by atoms with Crippen molar-refractivity contribution < 1.29 is 17.3 Å². The summed E-state index contributed by atoms with van der Waals surface area (Å²) in [5.41, 5.74) is 7.61. The molecule has 1 aliphatic heterocycles. The van der Waals surface area contributed by atoms with Crippen LogP contribution in [0.5, 0.6) is 11.5 Å². The van der Waals surface area contributed by atoms with Crippen LogP contribution in [0.4, 0.5) is 11.4 Å². The summed E-state index contributed by atoms with van der Waals surface area (Å²) in [4.78, 5) is 4.73. The van der Waals surface area contributed by atoms with Gasteiger partial charge in [-0.15, -0.1) is 0 Å². The number of nitrogens with one attached hydrogen (secondary N) is 1. The van der Waals surface area contributed by atoms with Crippen LogP contribution < -0.4 is 14.2 Å². The summed E-state index contributed by atoms with van der Waals surface area (Å²) in [5.74, 6) is 1.26. The van der Waals surface area contributed by atoms with Crippen molar-refractivity contribution in [2.45, 2.75) is 37.1 Å². The fourth-order valence-corrected chi connectivity index (χ4v) is 7.32. The van der Waals surface area contributed by atoms with E-state index in [0.29, 0.717) is 16.3 Å². The maximum Gasteiger partial charge on any atom is 0.339 e. The predicted molar refractivity (Wildman–Crippen MR) is 171 cm³/mol. The zero-order valence-corrected chi connectivity index (χ0v) is 25.9. The molecule has 214 valence electrons. The van der Waals surface area contributed by atoms with Crippen LogP contribution in [-0.4, -0.2) is 21.7 Å². The minimum absolute atomic E-state index is 0.0681. The van der Waals surface area contributed by atoms with Crippen molar-refractivity contribution in [3.63, 3.8) is 0 Å². The van der Waals surface area contributed by atoms with E-state index in [1.807, 2.05) is 19.1 Å². The van der Waals surface area contributed by atoms with E-state index in [-0.39, 0.29) is 22.4 Å². The number of aryl methyl sites for hydroxylation is 2. The predicted octanol–water partition coefficient (Wildman–Crippen LogP) is 8.42. The molecule has 0 amide bonds. The standard InChI is InChI=1S/C34H31BrN2O4S/c1-21-7-14-26(15-8-21)42(38,39)41-34-30(35)18-23(19-32(34)40-3)20-36-25-12-10-24(11-13-25)33-28-6-4-5-27(28)29-17-22(2)9-16-31(29)37-33/h4-5,7-20,27-28,33,37H,6H2,1-3H3/t27-,28-,33-/m0/s1. The van der Waals surface area contributed by atoms with E-state index in [2.05, 4.69) is 75.6 Å². The van der Waals surface area contributed by atoms with Gasteiger partial charge in [0.2, 0.25) is 0 Å². The Balaban J connectivity index is 1.20. The summed E-state index contributed by atoms with van der Waals surface area (Å²) < 4.78 is 37.1. The highest BCUT2D eigenvalue weighted by molar-refractivity contribution is 9.10. The van der Waals surface area contributed by atoms with E-state index in [1.165, 1.54) is 41.6 Å². The monoisotopic (exact) mass is 642 g/mol. The second kappa shape index (κ2) is 11.4. The Kier molecular flexibility index (Phi) is 7.68. The fourth-order valence-electron chi connectivity index (χ4n) is 5.72. The second-order valence-corrected chi connectivity index (χ2v) is 13.2. The molecule has 6 rings (SSSR count). The molecule has 0 unspecified atom stereocenters. The van der Waals surface area contributed by atoms with Gasteiger partial charge in [0.1, 0.15) is 4.90 Å². The third-order valence-electron chi connectivity index (χ3n) is 7.89.